The third kappa shape index (κ3) is 7.30. The molecule has 2 aromatic rings. The quantitative estimate of drug-likeness (QED) is 0.0511. The summed E-state index contributed by atoms with van der Waals surface area (Å²) in [4.78, 5) is 73.9. The maximum atomic E-state index is 13.4. The van der Waals surface area contributed by atoms with Gasteiger partial charge in [-0.25, -0.2) is 9.78 Å². The van der Waals surface area contributed by atoms with Crippen LogP contribution in [0.15, 0.2) is 33.9 Å². The van der Waals surface area contributed by atoms with E-state index in [-0.39, 0.29) is 39.4 Å². The summed E-state index contributed by atoms with van der Waals surface area (Å²) in [6, 6.07) is 1.32. The van der Waals surface area contributed by atoms with Crippen LogP contribution in [-0.2, 0) is 24.0 Å². The number of β-lactam (4-membered cyclic amide) rings is 1. The SMILES string of the molecule is CC(C)(ON=C(C(=O)N[C@@H]1C(=O)N2C(C(=O)O)=C(C[N+]3(CCNC(=O)c4ccc(O)c(O)c4Cl)CCCC3)CS[C@H]12)c1csc(N)n1)C(=O)[O-]. The molecule has 268 valence electrons. The standard InChI is InChI=1S/C30H34ClN7O10S2/c1-30(2,28(46)47)48-36-19(16-13-50-29(32)34-16)24(42)35-20-25(43)37-21(27(44)45)14(12-49-26(20)37)11-38(8-3-4-9-38)10-7-33-23(41)15-5-6-17(39)22(40)18(15)31/h5-6,13,20,26H,3-4,7-12H2,1-2H3,(H7-,32,33,34,35,36,39,40,41,42,44,45,46,47)/t20-,26-/m1/s1. The molecule has 20 heteroatoms. The van der Waals surface area contributed by atoms with Crippen molar-refractivity contribution in [2.45, 2.75) is 43.7 Å². The molecule has 4 heterocycles. The number of benzene rings is 1. The third-order valence-corrected chi connectivity index (χ3v) is 11.0. The first-order valence-corrected chi connectivity index (χ1v) is 17.6. The summed E-state index contributed by atoms with van der Waals surface area (Å²) in [6.45, 7) is 4.74. The number of aromatic nitrogens is 1. The molecule has 3 amide bonds. The fourth-order valence-corrected chi connectivity index (χ4v) is 8.04. The molecule has 17 nitrogen and oxygen atoms in total. The third-order valence-electron chi connectivity index (χ3n) is 8.63. The molecule has 2 saturated heterocycles. The van der Waals surface area contributed by atoms with E-state index in [1.54, 1.807) is 0 Å². The number of oxime groups is 1. The number of carboxylic acid groups (broad SMARTS) is 2. The number of phenols is 2. The minimum atomic E-state index is -1.90. The number of aromatic hydroxyl groups is 2. The highest BCUT2D eigenvalue weighted by atomic mass is 35.5. The van der Waals surface area contributed by atoms with Gasteiger partial charge in [0.25, 0.3) is 17.7 Å². The zero-order valence-electron chi connectivity index (χ0n) is 26.8. The molecule has 0 saturated carbocycles. The number of carbonyl (C=O) groups excluding carboxylic acids is 4. The van der Waals surface area contributed by atoms with Crippen molar-refractivity contribution in [3.8, 4) is 11.5 Å². The Morgan fingerprint density at radius 3 is 2.56 bits per heavy atom. The van der Waals surface area contributed by atoms with Crippen LogP contribution in [0.3, 0.4) is 0 Å². The number of carboxylic acids is 2. The lowest BCUT2D eigenvalue weighted by Crippen LogP contribution is -2.71. The van der Waals surface area contributed by atoms with E-state index < -0.39 is 63.9 Å². The lowest BCUT2D eigenvalue weighted by Gasteiger charge is -2.50. The van der Waals surface area contributed by atoms with Gasteiger partial charge in [-0.15, -0.1) is 23.1 Å². The summed E-state index contributed by atoms with van der Waals surface area (Å²) in [5.41, 5.74) is 3.71. The molecule has 50 heavy (non-hydrogen) atoms. The number of thiazole rings is 1. The number of phenolic OH excluding ortho intramolecular Hbond substituents is 2. The maximum absolute atomic E-state index is 13.4. The molecule has 3 aliphatic rings. The van der Waals surface area contributed by atoms with Crippen LogP contribution in [0.1, 0.15) is 42.7 Å². The first-order chi connectivity index (χ1) is 23.5. The highest BCUT2D eigenvalue weighted by Crippen LogP contribution is 2.41. The number of aliphatic carboxylic acids is 2. The second-order valence-corrected chi connectivity index (χ2v) is 14.8. The van der Waals surface area contributed by atoms with E-state index in [4.69, 9.17) is 22.2 Å². The van der Waals surface area contributed by atoms with Gasteiger partial charge in [0.05, 0.1) is 42.7 Å². The molecule has 1 aromatic carbocycles. The maximum Gasteiger partial charge on any atom is 0.352 e. The van der Waals surface area contributed by atoms with Crippen molar-refractivity contribution in [1.29, 1.82) is 0 Å². The van der Waals surface area contributed by atoms with E-state index in [1.165, 1.54) is 37.1 Å². The molecule has 0 spiro atoms. The van der Waals surface area contributed by atoms with Crippen LogP contribution in [0.2, 0.25) is 5.02 Å². The Morgan fingerprint density at radius 2 is 1.94 bits per heavy atom. The number of rotatable bonds is 13. The number of amides is 3. The van der Waals surface area contributed by atoms with Crippen LogP contribution in [-0.4, -0.2) is 121 Å². The first-order valence-electron chi connectivity index (χ1n) is 15.3. The van der Waals surface area contributed by atoms with Crippen LogP contribution in [0.25, 0.3) is 0 Å². The van der Waals surface area contributed by atoms with Crippen molar-refractivity contribution in [2.24, 2.45) is 5.16 Å². The predicted octanol–water partition coefficient (Wildman–Crippen LogP) is -0.182. The number of carbonyl (C=O) groups is 5. The van der Waals surface area contributed by atoms with E-state index in [0.717, 1.165) is 35.1 Å². The summed E-state index contributed by atoms with van der Waals surface area (Å²) in [7, 11) is 0. The summed E-state index contributed by atoms with van der Waals surface area (Å²) in [5, 5.41) is 50.7. The van der Waals surface area contributed by atoms with E-state index in [1.807, 2.05) is 0 Å². The smallest absolute Gasteiger partial charge is 0.352 e. The topological polar surface area (TPSA) is 257 Å². The number of quaternary nitrogens is 1. The number of nitrogens with zero attached hydrogens (tertiary/aromatic N) is 4. The molecule has 0 unspecified atom stereocenters. The van der Waals surface area contributed by atoms with Crippen LogP contribution < -0.4 is 21.5 Å². The van der Waals surface area contributed by atoms with Crippen molar-refractivity contribution in [3.63, 3.8) is 0 Å². The first kappa shape index (κ1) is 36.7. The van der Waals surface area contributed by atoms with E-state index >= 15 is 0 Å². The van der Waals surface area contributed by atoms with Crippen molar-refractivity contribution >= 4 is 75.2 Å². The molecule has 5 rings (SSSR count). The molecule has 0 aliphatic carbocycles. The lowest BCUT2D eigenvalue weighted by molar-refractivity contribution is -0.911. The van der Waals surface area contributed by atoms with Gasteiger partial charge in [-0.2, -0.15) is 0 Å². The molecule has 3 aliphatic heterocycles. The van der Waals surface area contributed by atoms with Gasteiger partial charge in [-0.1, -0.05) is 16.8 Å². The van der Waals surface area contributed by atoms with Crippen molar-refractivity contribution in [3.05, 3.63) is 45.1 Å². The molecular weight excluding hydrogens is 718 g/mol. The monoisotopic (exact) mass is 751 g/mol. The average Bonchev–Trinajstić information content (AvgIpc) is 3.71. The van der Waals surface area contributed by atoms with Crippen molar-refractivity contribution in [1.82, 2.24) is 20.5 Å². The molecule has 2 atom stereocenters. The number of hydrogen-bond acceptors (Lipinski definition) is 14. The minimum Gasteiger partial charge on any atom is -0.546 e. The Balaban J connectivity index is 1.29. The van der Waals surface area contributed by atoms with Crippen molar-refractivity contribution in [2.75, 3.05) is 44.2 Å². The zero-order valence-corrected chi connectivity index (χ0v) is 29.2. The summed E-state index contributed by atoms with van der Waals surface area (Å²) >= 11 is 8.31. The molecule has 2 fully saturated rings. The van der Waals surface area contributed by atoms with E-state index in [9.17, 15) is 44.4 Å². The number of nitrogen functional groups attached to an aromatic ring is 1. The molecule has 1 aromatic heterocycles. The molecule has 7 N–H and O–H groups in total. The number of likely N-dealkylation sites (tertiary alicyclic amines) is 1. The number of fused-ring (bicyclic) bond motifs is 1. The summed E-state index contributed by atoms with van der Waals surface area (Å²) in [6.07, 6.45) is 1.76. The highest BCUT2D eigenvalue weighted by Gasteiger charge is 2.55. The van der Waals surface area contributed by atoms with Crippen LogP contribution in [0.5, 0.6) is 11.5 Å². The summed E-state index contributed by atoms with van der Waals surface area (Å²) < 4.78 is 0.465. The normalized spacial score (nSPS) is 20.2. The van der Waals surface area contributed by atoms with Gasteiger partial charge in [0.15, 0.2) is 27.9 Å². The Labute approximate surface area is 298 Å². The van der Waals surface area contributed by atoms with Crippen LogP contribution in [0.4, 0.5) is 5.13 Å². The number of thioether (sulfide) groups is 1. The van der Waals surface area contributed by atoms with E-state index in [2.05, 4.69) is 20.8 Å². The van der Waals surface area contributed by atoms with E-state index in [0.29, 0.717) is 36.2 Å². The molecule has 0 radical (unpaired) electrons. The van der Waals surface area contributed by atoms with Gasteiger partial charge in [-0.3, -0.25) is 19.3 Å². The average molecular weight is 752 g/mol. The number of nitrogens with two attached hydrogens (primary N) is 1. The Bertz CT molecular complexity index is 1810. The second-order valence-electron chi connectivity index (χ2n) is 12.4. The Hall–Kier alpha value is -4.59. The van der Waals surface area contributed by atoms with Crippen molar-refractivity contribution < 1.29 is 53.7 Å². The van der Waals surface area contributed by atoms with Gasteiger partial charge >= 0.3 is 5.97 Å². The minimum absolute atomic E-state index is 0.0125. The van der Waals surface area contributed by atoms with Gasteiger partial charge in [0, 0.05) is 29.5 Å². The van der Waals surface area contributed by atoms with Gasteiger partial charge in [0.2, 0.25) is 0 Å². The zero-order chi connectivity index (χ0) is 36.5. The molecular formula is C30H34ClN7O10S2. The lowest BCUT2D eigenvalue weighted by atomic mass is 10.0. The summed E-state index contributed by atoms with van der Waals surface area (Å²) in [5.74, 6) is -5.82. The van der Waals surface area contributed by atoms with Crippen LogP contribution >= 0.6 is 34.7 Å². The van der Waals surface area contributed by atoms with Gasteiger partial charge < -0.3 is 50.9 Å². The van der Waals surface area contributed by atoms with Gasteiger partial charge in [0.1, 0.15) is 29.4 Å². The fourth-order valence-electron chi connectivity index (χ4n) is 5.92. The Morgan fingerprint density at radius 1 is 1.24 bits per heavy atom. The van der Waals surface area contributed by atoms with Crippen LogP contribution in [0, 0.1) is 0 Å². The largest absolute Gasteiger partial charge is 0.546 e. The predicted molar refractivity (Wildman–Crippen MR) is 179 cm³/mol. The number of anilines is 1. The molecule has 0 bridgehead atoms. The van der Waals surface area contributed by atoms with Gasteiger partial charge in [-0.05, 0) is 26.0 Å². The second kappa shape index (κ2) is 14.3. The Kier molecular flexibility index (Phi) is 10.5. The number of hydrogen-bond donors (Lipinski definition) is 6. The highest BCUT2D eigenvalue weighted by molar-refractivity contribution is 8.00. The fraction of sp³-hybridized carbons (Fsp3) is 0.433. The number of nitrogens with one attached hydrogen (secondary N) is 2. The number of halogens is 1.